The molecule has 2 atom stereocenters. The first kappa shape index (κ1) is 14.0. The van der Waals surface area contributed by atoms with Gasteiger partial charge >= 0.3 is 0 Å². The quantitative estimate of drug-likeness (QED) is 0.861. The number of piperidine rings is 1. The van der Waals surface area contributed by atoms with Gasteiger partial charge in [-0.1, -0.05) is 0 Å². The summed E-state index contributed by atoms with van der Waals surface area (Å²) in [6.07, 6.45) is 2.72. The van der Waals surface area contributed by atoms with Gasteiger partial charge in [0.2, 0.25) is 0 Å². The Morgan fingerprint density at radius 2 is 2.05 bits per heavy atom. The molecule has 2 fully saturated rings. The number of amides is 1. The zero-order valence-corrected chi connectivity index (χ0v) is 13.3. The van der Waals surface area contributed by atoms with Crippen molar-refractivity contribution < 1.29 is 9.00 Å². The van der Waals surface area contributed by atoms with Crippen LogP contribution < -0.4 is 10.6 Å². The lowest BCUT2D eigenvalue weighted by molar-refractivity contribution is 0.0996. The van der Waals surface area contributed by atoms with Crippen LogP contribution in [0.2, 0.25) is 0 Å². The van der Waals surface area contributed by atoms with Crippen molar-refractivity contribution in [2.24, 2.45) is 17.6 Å². The second-order valence-electron chi connectivity index (χ2n) is 5.53. The molecule has 1 amide bonds. The molecule has 0 aromatic carbocycles. The summed E-state index contributed by atoms with van der Waals surface area (Å²) in [6.45, 7) is 1.64. The molecule has 0 aliphatic carbocycles. The van der Waals surface area contributed by atoms with Gasteiger partial charge in [0.15, 0.2) is 5.69 Å². The summed E-state index contributed by atoms with van der Waals surface area (Å²) in [5.74, 6) is 1.89. The summed E-state index contributed by atoms with van der Waals surface area (Å²) in [5, 5.41) is 0. The van der Waals surface area contributed by atoms with E-state index in [1.54, 1.807) is 6.20 Å². The molecular weight excluding hydrogens is 342 g/mol. The van der Waals surface area contributed by atoms with Crippen molar-refractivity contribution in [3.8, 4) is 0 Å². The molecule has 20 heavy (non-hydrogen) atoms. The van der Waals surface area contributed by atoms with Crippen molar-refractivity contribution in [2.75, 3.05) is 29.5 Å². The molecule has 108 valence electrons. The smallest absolute Gasteiger partial charge is 0.269 e. The van der Waals surface area contributed by atoms with E-state index in [0.717, 1.165) is 41.2 Å². The molecule has 7 heteroatoms. The van der Waals surface area contributed by atoms with Crippen molar-refractivity contribution in [3.63, 3.8) is 0 Å². The van der Waals surface area contributed by atoms with Crippen LogP contribution >= 0.6 is 15.9 Å². The molecule has 1 aromatic rings. The number of rotatable bonds is 2. The Hall–Kier alpha value is -0.950. The van der Waals surface area contributed by atoms with Gasteiger partial charge in [-0.3, -0.25) is 9.00 Å². The van der Waals surface area contributed by atoms with Crippen molar-refractivity contribution >= 4 is 38.3 Å². The van der Waals surface area contributed by atoms with E-state index < -0.39 is 16.7 Å². The average Bonchev–Trinajstić information content (AvgIpc) is 2.36. The van der Waals surface area contributed by atoms with Crippen LogP contribution in [0.1, 0.15) is 16.9 Å². The highest BCUT2D eigenvalue weighted by atomic mass is 79.9. The van der Waals surface area contributed by atoms with Gasteiger partial charge in [-0.05, 0) is 40.3 Å². The molecule has 5 nitrogen and oxygen atoms in total. The Morgan fingerprint density at radius 1 is 1.40 bits per heavy atom. The van der Waals surface area contributed by atoms with Crippen molar-refractivity contribution in [2.45, 2.75) is 6.42 Å². The topological polar surface area (TPSA) is 76.3 Å². The average molecular weight is 358 g/mol. The fraction of sp³-hybridized carbons (Fsp3) is 0.538. The molecule has 0 saturated carbocycles. The lowest BCUT2D eigenvalue weighted by Gasteiger charge is -2.42. The number of hydrogen-bond donors (Lipinski definition) is 1. The SMILES string of the molecule is NC(=O)c1ncc(Br)cc1N1CC2CC(C1)CS(=O)C2. The number of fused-ring (bicyclic) bond motifs is 2. The number of carbonyl (C=O) groups is 1. The standard InChI is InChI=1S/C13H16BrN3O2S/c14-10-2-11(12(13(15)18)16-3-10)17-4-8-1-9(5-17)7-20(19)6-8/h2-3,8-9H,1,4-7H2,(H2,15,18). The molecule has 2 saturated heterocycles. The fourth-order valence-electron chi connectivity index (χ4n) is 3.21. The van der Waals surface area contributed by atoms with E-state index >= 15 is 0 Å². The molecule has 1 aromatic heterocycles. The van der Waals surface area contributed by atoms with Crippen molar-refractivity contribution in [1.82, 2.24) is 4.98 Å². The Kier molecular flexibility index (Phi) is 3.81. The van der Waals surface area contributed by atoms with E-state index in [1.807, 2.05) is 6.07 Å². The van der Waals surface area contributed by atoms with Gasteiger partial charge in [0.05, 0.1) is 5.69 Å². The number of halogens is 1. The van der Waals surface area contributed by atoms with Crippen LogP contribution in [0.3, 0.4) is 0 Å². The molecule has 3 heterocycles. The summed E-state index contributed by atoms with van der Waals surface area (Å²) in [5.41, 5.74) is 6.52. The summed E-state index contributed by atoms with van der Waals surface area (Å²) in [6, 6.07) is 1.89. The van der Waals surface area contributed by atoms with Gasteiger partial charge in [-0.2, -0.15) is 0 Å². The summed E-state index contributed by atoms with van der Waals surface area (Å²) >= 11 is 3.39. The predicted octanol–water partition coefficient (Wildman–Crippen LogP) is 1.15. The molecule has 2 aliphatic heterocycles. The molecule has 0 radical (unpaired) electrons. The number of aromatic nitrogens is 1. The van der Waals surface area contributed by atoms with Crippen molar-refractivity contribution in [1.29, 1.82) is 0 Å². The zero-order valence-electron chi connectivity index (χ0n) is 10.9. The highest BCUT2D eigenvalue weighted by molar-refractivity contribution is 9.10. The summed E-state index contributed by atoms with van der Waals surface area (Å²) in [4.78, 5) is 17.9. The maximum absolute atomic E-state index is 11.7. The number of hydrogen-bond acceptors (Lipinski definition) is 4. The second-order valence-corrected chi connectivity index (χ2v) is 7.99. The Labute approximate surface area is 128 Å². The Bertz CT molecular complexity index is 565. The van der Waals surface area contributed by atoms with Gasteiger partial charge in [0.1, 0.15) is 0 Å². The van der Waals surface area contributed by atoms with Crippen LogP contribution in [0, 0.1) is 11.8 Å². The summed E-state index contributed by atoms with van der Waals surface area (Å²) < 4.78 is 12.6. The van der Waals surface area contributed by atoms with Crippen LogP contribution in [0.5, 0.6) is 0 Å². The lowest BCUT2D eigenvalue weighted by Crippen LogP contribution is -2.48. The first-order chi connectivity index (χ1) is 9.52. The Morgan fingerprint density at radius 3 is 2.65 bits per heavy atom. The van der Waals surface area contributed by atoms with E-state index in [0.29, 0.717) is 17.5 Å². The molecule has 2 bridgehead atoms. The van der Waals surface area contributed by atoms with Crippen LogP contribution in [-0.2, 0) is 10.8 Å². The van der Waals surface area contributed by atoms with E-state index in [2.05, 4.69) is 25.8 Å². The van der Waals surface area contributed by atoms with E-state index in [-0.39, 0.29) is 0 Å². The third-order valence-electron chi connectivity index (χ3n) is 3.88. The number of nitrogens with two attached hydrogens (primary N) is 1. The van der Waals surface area contributed by atoms with E-state index in [1.165, 1.54) is 0 Å². The molecule has 2 N–H and O–H groups in total. The van der Waals surface area contributed by atoms with Gasteiger partial charge in [0, 0.05) is 46.1 Å². The van der Waals surface area contributed by atoms with Crippen LogP contribution in [-0.4, -0.2) is 39.7 Å². The number of nitrogens with zero attached hydrogens (tertiary/aromatic N) is 2. The third kappa shape index (κ3) is 2.74. The van der Waals surface area contributed by atoms with Crippen LogP contribution in [0.15, 0.2) is 16.7 Å². The molecule has 2 aliphatic rings. The highest BCUT2D eigenvalue weighted by Gasteiger charge is 2.35. The lowest BCUT2D eigenvalue weighted by atomic mass is 9.90. The van der Waals surface area contributed by atoms with Gasteiger partial charge < -0.3 is 10.6 Å². The normalized spacial score (nSPS) is 29.2. The highest BCUT2D eigenvalue weighted by Crippen LogP contribution is 2.33. The number of pyridine rings is 1. The van der Waals surface area contributed by atoms with Gasteiger partial charge in [-0.15, -0.1) is 0 Å². The summed E-state index contributed by atoms with van der Waals surface area (Å²) in [7, 11) is -0.682. The second kappa shape index (κ2) is 5.44. The largest absolute Gasteiger partial charge is 0.369 e. The maximum atomic E-state index is 11.7. The molecule has 2 unspecified atom stereocenters. The van der Waals surface area contributed by atoms with Crippen LogP contribution in [0.25, 0.3) is 0 Å². The molecular formula is C13H16BrN3O2S. The number of carbonyl (C=O) groups excluding carboxylic acids is 1. The minimum absolute atomic E-state index is 0.314. The first-order valence-corrected chi connectivity index (χ1v) is 8.86. The minimum atomic E-state index is -0.682. The number of primary amides is 1. The van der Waals surface area contributed by atoms with E-state index in [9.17, 15) is 9.00 Å². The van der Waals surface area contributed by atoms with Gasteiger partial charge in [0.25, 0.3) is 5.91 Å². The predicted molar refractivity (Wildman–Crippen MR) is 82.1 cm³/mol. The van der Waals surface area contributed by atoms with Crippen LogP contribution in [0.4, 0.5) is 5.69 Å². The monoisotopic (exact) mass is 357 g/mol. The molecule has 0 spiro atoms. The first-order valence-electron chi connectivity index (χ1n) is 6.58. The maximum Gasteiger partial charge on any atom is 0.269 e. The van der Waals surface area contributed by atoms with Crippen molar-refractivity contribution in [3.05, 3.63) is 22.4 Å². The van der Waals surface area contributed by atoms with Gasteiger partial charge in [-0.25, -0.2) is 4.98 Å². The third-order valence-corrected chi connectivity index (χ3v) is 6.00. The molecule has 3 rings (SSSR count). The minimum Gasteiger partial charge on any atom is -0.369 e. The fourth-order valence-corrected chi connectivity index (χ4v) is 5.20. The number of anilines is 1. The van der Waals surface area contributed by atoms with E-state index in [4.69, 9.17) is 5.73 Å². The Balaban J connectivity index is 1.92. The zero-order chi connectivity index (χ0) is 14.3.